The molecule has 0 radical (unpaired) electrons. The number of ketones is 1. The van der Waals surface area contributed by atoms with Gasteiger partial charge in [-0.1, -0.05) is 41.4 Å². The largest absolute Gasteiger partial charge is 0.507 e. The van der Waals surface area contributed by atoms with Crippen LogP contribution in [-0.2, 0) is 16.1 Å². The van der Waals surface area contributed by atoms with Crippen LogP contribution >= 0.6 is 23.2 Å². The number of aromatic nitrogens is 1. The van der Waals surface area contributed by atoms with E-state index >= 15 is 0 Å². The summed E-state index contributed by atoms with van der Waals surface area (Å²) < 4.78 is 0. The van der Waals surface area contributed by atoms with Crippen molar-refractivity contribution in [3.63, 3.8) is 0 Å². The van der Waals surface area contributed by atoms with Gasteiger partial charge in [0.05, 0.1) is 26.6 Å². The van der Waals surface area contributed by atoms with Crippen molar-refractivity contribution >= 4 is 46.3 Å². The number of nitro benzene ring substituents is 1. The number of hydrogen-bond acceptors (Lipinski definition) is 6. The lowest BCUT2D eigenvalue weighted by molar-refractivity contribution is -0.384. The number of carbonyl (C=O) groups is 2. The molecule has 1 aliphatic rings. The summed E-state index contributed by atoms with van der Waals surface area (Å²) in [6, 6.07) is 12.3. The van der Waals surface area contributed by atoms with E-state index in [0.29, 0.717) is 11.1 Å². The van der Waals surface area contributed by atoms with Gasteiger partial charge in [0.1, 0.15) is 5.76 Å². The van der Waals surface area contributed by atoms with Crippen LogP contribution in [0.25, 0.3) is 5.76 Å². The van der Waals surface area contributed by atoms with Crippen LogP contribution in [0.5, 0.6) is 0 Å². The molecular formula is C23H15Cl2N3O5. The lowest BCUT2D eigenvalue weighted by Gasteiger charge is -2.25. The van der Waals surface area contributed by atoms with E-state index in [2.05, 4.69) is 4.98 Å². The van der Waals surface area contributed by atoms with Crippen LogP contribution < -0.4 is 0 Å². The molecule has 1 aliphatic heterocycles. The first-order valence-corrected chi connectivity index (χ1v) is 10.4. The van der Waals surface area contributed by atoms with E-state index in [-0.39, 0.29) is 33.4 Å². The van der Waals surface area contributed by atoms with Crippen molar-refractivity contribution in [3.05, 3.63) is 109 Å². The maximum atomic E-state index is 13.1. The SMILES string of the molecule is O=C1C(=O)N(Cc2ccncc2)C(c2ccc(Cl)c(Cl)c2)/C1=C(/O)c1cccc([N+](=O)[O-])c1. The Labute approximate surface area is 197 Å². The van der Waals surface area contributed by atoms with Gasteiger partial charge in [-0.25, -0.2) is 0 Å². The zero-order chi connectivity index (χ0) is 23.7. The minimum atomic E-state index is -0.993. The number of nitro groups is 1. The molecule has 0 saturated carbocycles. The fourth-order valence-corrected chi connectivity index (χ4v) is 3.99. The molecule has 3 aromatic rings. The number of rotatable bonds is 5. The number of carbonyl (C=O) groups excluding carboxylic acids is 2. The lowest BCUT2D eigenvalue weighted by atomic mass is 9.95. The molecule has 1 N–H and O–H groups in total. The quantitative estimate of drug-likeness (QED) is 0.181. The minimum Gasteiger partial charge on any atom is -0.507 e. The summed E-state index contributed by atoms with van der Waals surface area (Å²) in [5, 5.41) is 22.7. The molecule has 8 nitrogen and oxygen atoms in total. The molecule has 1 aromatic heterocycles. The van der Waals surface area contributed by atoms with E-state index in [1.54, 1.807) is 30.6 Å². The van der Waals surface area contributed by atoms with Gasteiger partial charge in [-0.2, -0.15) is 0 Å². The highest BCUT2D eigenvalue weighted by molar-refractivity contribution is 6.46. The van der Waals surface area contributed by atoms with Gasteiger partial charge < -0.3 is 10.0 Å². The molecule has 166 valence electrons. The van der Waals surface area contributed by atoms with E-state index in [1.165, 1.54) is 35.2 Å². The molecule has 2 heterocycles. The molecule has 33 heavy (non-hydrogen) atoms. The Kier molecular flexibility index (Phi) is 6.13. The van der Waals surface area contributed by atoms with Crippen molar-refractivity contribution in [3.8, 4) is 0 Å². The number of nitrogens with zero attached hydrogens (tertiary/aromatic N) is 3. The first kappa shape index (κ1) is 22.4. The molecule has 0 aliphatic carbocycles. The number of aliphatic hydroxyl groups excluding tert-OH is 1. The number of benzene rings is 2. The molecule has 0 bridgehead atoms. The average Bonchev–Trinajstić information content (AvgIpc) is 3.06. The van der Waals surface area contributed by atoms with Crippen LogP contribution in [0, 0.1) is 10.1 Å². The average molecular weight is 484 g/mol. The Balaban J connectivity index is 1.90. The predicted octanol–water partition coefficient (Wildman–Crippen LogP) is 4.92. The van der Waals surface area contributed by atoms with Crippen molar-refractivity contribution in [2.45, 2.75) is 12.6 Å². The third-order valence-electron chi connectivity index (χ3n) is 5.23. The van der Waals surface area contributed by atoms with Crippen LogP contribution in [0.2, 0.25) is 10.0 Å². The second kappa shape index (κ2) is 9.01. The maximum Gasteiger partial charge on any atom is 0.295 e. The van der Waals surface area contributed by atoms with Gasteiger partial charge in [0.15, 0.2) is 0 Å². The second-order valence-electron chi connectivity index (χ2n) is 7.26. The molecule has 10 heteroatoms. The Morgan fingerprint density at radius 1 is 1.06 bits per heavy atom. The summed E-state index contributed by atoms with van der Waals surface area (Å²) >= 11 is 12.2. The van der Waals surface area contributed by atoms with Gasteiger partial charge in [0.2, 0.25) is 0 Å². The van der Waals surface area contributed by atoms with Gasteiger partial charge >= 0.3 is 0 Å². The highest BCUT2D eigenvalue weighted by atomic mass is 35.5. The number of amides is 1. The summed E-state index contributed by atoms with van der Waals surface area (Å²) in [5.74, 6) is -2.26. The number of Topliss-reactive ketones (excluding diaryl/α,β-unsaturated/α-hetero) is 1. The molecular weight excluding hydrogens is 469 g/mol. The molecule has 1 fully saturated rings. The smallest absolute Gasteiger partial charge is 0.295 e. The summed E-state index contributed by atoms with van der Waals surface area (Å²) in [4.78, 5) is 41.9. The van der Waals surface area contributed by atoms with E-state index in [9.17, 15) is 24.8 Å². The lowest BCUT2D eigenvalue weighted by Crippen LogP contribution is -2.29. The van der Waals surface area contributed by atoms with Crippen molar-refractivity contribution in [1.82, 2.24) is 9.88 Å². The first-order valence-electron chi connectivity index (χ1n) is 9.65. The Hall–Kier alpha value is -3.75. The number of hydrogen-bond donors (Lipinski definition) is 1. The number of non-ortho nitro benzene ring substituents is 1. The zero-order valence-electron chi connectivity index (χ0n) is 16.8. The summed E-state index contributed by atoms with van der Waals surface area (Å²) in [6.45, 7) is 0.0592. The molecule has 1 saturated heterocycles. The van der Waals surface area contributed by atoms with Crippen molar-refractivity contribution in [2.75, 3.05) is 0 Å². The molecule has 1 amide bonds. The van der Waals surface area contributed by atoms with Crippen LogP contribution in [0.15, 0.2) is 72.6 Å². The molecule has 4 rings (SSSR count). The fourth-order valence-electron chi connectivity index (χ4n) is 3.68. The van der Waals surface area contributed by atoms with E-state index in [4.69, 9.17) is 23.2 Å². The normalized spacial score (nSPS) is 17.4. The van der Waals surface area contributed by atoms with Gasteiger partial charge in [0.25, 0.3) is 17.4 Å². The number of halogens is 2. The van der Waals surface area contributed by atoms with E-state index in [0.717, 1.165) is 6.07 Å². The molecule has 1 atom stereocenters. The van der Waals surface area contributed by atoms with Crippen molar-refractivity contribution in [1.29, 1.82) is 0 Å². The second-order valence-corrected chi connectivity index (χ2v) is 8.08. The molecule has 0 spiro atoms. The van der Waals surface area contributed by atoms with Gasteiger partial charge in [-0.05, 0) is 35.4 Å². The maximum absolute atomic E-state index is 13.1. The van der Waals surface area contributed by atoms with E-state index < -0.39 is 28.4 Å². The topological polar surface area (TPSA) is 114 Å². The monoisotopic (exact) mass is 483 g/mol. The minimum absolute atomic E-state index is 0.0381. The Morgan fingerprint density at radius 3 is 2.45 bits per heavy atom. The highest BCUT2D eigenvalue weighted by Crippen LogP contribution is 2.41. The van der Waals surface area contributed by atoms with Crippen LogP contribution in [0.3, 0.4) is 0 Å². The van der Waals surface area contributed by atoms with Gasteiger partial charge in [-0.3, -0.25) is 24.7 Å². The van der Waals surface area contributed by atoms with Crippen LogP contribution in [0.1, 0.15) is 22.7 Å². The number of likely N-dealkylation sites (tertiary alicyclic amines) is 1. The Bertz CT molecular complexity index is 1310. The molecule has 1 unspecified atom stereocenters. The Morgan fingerprint density at radius 2 is 1.79 bits per heavy atom. The zero-order valence-corrected chi connectivity index (χ0v) is 18.3. The molecule has 2 aromatic carbocycles. The number of aliphatic hydroxyl groups is 1. The van der Waals surface area contributed by atoms with Gasteiger partial charge in [0, 0.05) is 36.6 Å². The fraction of sp³-hybridized carbons (Fsp3) is 0.0870. The third-order valence-corrected chi connectivity index (χ3v) is 5.97. The van der Waals surface area contributed by atoms with Crippen molar-refractivity contribution < 1.29 is 19.6 Å². The summed E-state index contributed by atoms with van der Waals surface area (Å²) in [5.41, 5.74) is 0.734. The summed E-state index contributed by atoms with van der Waals surface area (Å²) in [6.07, 6.45) is 3.12. The van der Waals surface area contributed by atoms with Crippen molar-refractivity contribution in [2.24, 2.45) is 0 Å². The predicted molar refractivity (Wildman–Crippen MR) is 122 cm³/mol. The highest BCUT2D eigenvalue weighted by Gasteiger charge is 2.46. The van der Waals surface area contributed by atoms with Crippen LogP contribution in [0.4, 0.5) is 5.69 Å². The first-order chi connectivity index (χ1) is 15.8. The standard InChI is InChI=1S/C23H15Cl2N3O5/c24-17-5-4-14(11-18(17)25)20-19(21(29)15-2-1-3-16(10-15)28(32)33)22(30)23(31)27(20)12-13-6-8-26-9-7-13/h1-11,20,29H,12H2/b21-19-. The third kappa shape index (κ3) is 4.30. The van der Waals surface area contributed by atoms with E-state index in [1.807, 2.05) is 0 Å². The number of pyridine rings is 1. The van der Waals surface area contributed by atoms with Gasteiger partial charge in [-0.15, -0.1) is 0 Å². The van der Waals surface area contributed by atoms with Crippen LogP contribution in [-0.4, -0.2) is 31.6 Å². The summed E-state index contributed by atoms with van der Waals surface area (Å²) in [7, 11) is 0.